The Kier molecular flexibility index (Phi) is 10.7. The van der Waals surface area contributed by atoms with Gasteiger partial charge in [0.15, 0.2) is 0 Å². The number of nitrogens with one attached hydrogen (secondary N) is 3. The van der Waals surface area contributed by atoms with Crippen molar-refractivity contribution in [2.45, 2.75) is 11.8 Å². The first-order valence-electron chi connectivity index (χ1n) is 13.4. The Morgan fingerprint density at radius 2 is 1.56 bits per heavy atom. The average molecular weight is 595 g/mol. The van der Waals surface area contributed by atoms with Gasteiger partial charge in [0, 0.05) is 16.1 Å². The van der Waals surface area contributed by atoms with E-state index in [1.165, 1.54) is 17.8 Å². The van der Waals surface area contributed by atoms with Gasteiger partial charge >= 0.3 is 0 Å². The van der Waals surface area contributed by atoms with Crippen LogP contribution in [0.5, 0.6) is 5.75 Å². The van der Waals surface area contributed by atoms with E-state index in [2.05, 4.69) is 16.0 Å². The lowest BCUT2D eigenvalue weighted by atomic mass is 10.1. The van der Waals surface area contributed by atoms with Crippen molar-refractivity contribution in [3.63, 3.8) is 0 Å². The number of carbonyl (C=O) groups is 4. The molecule has 0 bridgehead atoms. The van der Waals surface area contributed by atoms with Gasteiger partial charge in [0.05, 0.1) is 23.6 Å². The van der Waals surface area contributed by atoms with Gasteiger partial charge in [-0.25, -0.2) is 0 Å². The number of ether oxygens (including phenoxy) is 1. The minimum absolute atomic E-state index is 0.0450. The van der Waals surface area contributed by atoms with Crippen LogP contribution in [0.3, 0.4) is 0 Å². The predicted octanol–water partition coefficient (Wildman–Crippen LogP) is 5.32. The zero-order valence-electron chi connectivity index (χ0n) is 23.3. The molecule has 0 spiro atoms. The highest BCUT2D eigenvalue weighted by Crippen LogP contribution is 2.23. The van der Waals surface area contributed by atoms with Gasteiger partial charge in [-0.3, -0.25) is 19.2 Å². The molecule has 0 atom stereocenters. The van der Waals surface area contributed by atoms with Crippen LogP contribution < -0.4 is 26.4 Å². The Morgan fingerprint density at radius 1 is 0.837 bits per heavy atom. The first-order chi connectivity index (χ1) is 20.8. The molecule has 0 radical (unpaired) electrons. The highest BCUT2D eigenvalue weighted by molar-refractivity contribution is 8.00. The third-order valence-corrected chi connectivity index (χ3v) is 6.95. The number of para-hydroxylation sites is 1. The summed E-state index contributed by atoms with van der Waals surface area (Å²) < 4.78 is 5.49. The van der Waals surface area contributed by atoms with E-state index >= 15 is 0 Å². The molecule has 4 aromatic rings. The number of rotatable bonds is 12. The number of benzene rings is 4. The van der Waals surface area contributed by atoms with Crippen molar-refractivity contribution >= 4 is 52.8 Å². The number of amides is 4. The second-order valence-corrected chi connectivity index (χ2v) is 10.2. The van der Waals surface area contributed by atoms with Gasteiger partial charge < -0.3 is 26.4 Å². The van der Waals surface area contributed by atoms with E-state index in [0.29, 0.717) is 34.9 Å². The van der Waals surface area contributed by atoms with Gasteiger partial charge in [0.2, 0.25) is 5.91 Å². The fourth-order valence-electron chi connectivity index (χ4n) is 3.94. The monoisotopic (exact) mass is 594 g/mol. The van der Waals surface area contributed by atoms with Gasteiger partial charge in [0.25, 0.3) is 17.7 Å². The van der Waals surface area contributed by atoms with Crippen LogP contribution in [0.25, 0.3) is 6.08 Å². The van der Waals surface area contributed by atoms with Gasteiger partial charge in [-0.1, -0.05) is 48.5 Å². The Hall–Kier alpha value is -5.35. The third-order valence-electron chi connectivity index (χ3n) is 5.96. The molecular formula is C33H30N4O5S. The molecular weight excluding hydrogens is 564 g/mol. The summed E-state index contributed by atoms with van der Waals surface area (Å²) in [6.07, 6.45) is 1.58. The van der Waals surface area contributed by atoms with Crippen LogP contribution in [0, 0.1) is 0 Å². The topological polar surface area (TPSA) is 140 Å². The van der Waals surface area contributed by atoms with Gasteiger partial charge in [-0.05, 0) is 73.2 Å². The van der Waals surface area contributed by atoms with E-state index in [-0.39, 0.29) is 22.9 Å². The van der Waals surface area contributed by atoms with Crippen molar-refractivity contribution in [3.8, 4) is 5.75 Å². The fourth-order valence-corrected chi connectivity index (χ4v) is 4.70. The molecule has 0 heterocycles. The van der Waals surface area contributed by atoms with Crippen molar-refractivity contribution in [3.05, 3.63) is 126 Å². The van der Waals surface area contributed by atoms with Crippen LogP contribution in [-0.4, -0.2) is 36.0 Å². The SMILES string of the molecule is CCOc1ccc(/C=C(/NC(=O)c2ccccc2)C(=O)Nc2cccc(SCC(=O)Nc3ccccc3C(N)=O)c2)cc1. The number of primary amides is 1. The van der Waals surface area contributed by atoms with Crippen molar-refractivity contribution in [1.82, 2.24) is 5.32 Å². The summed E-state index contributed by atoms with van der Waals surface area (Å²) in [5, 5.41) is 8.25. The maximum absolute atomic E-state index is 13.4. The Morgan fingerprint density at radius 3 is 2.28 bits per heavy atom. The van der Waals surface area contributed by atoms with Crippen LogP contribution in [0.2, 0.25) is 0 Å². The van der Waals surface area contributed by atoms with Crippen LogP contribution >= 0.6 is 11.8 Å². The molecule has 0 saturated carbocycles. The van der Waals surface area contributed by atoms with Crippen LogP contribution in [0.1, 0.15) is 33.2 Å². The molecule has 0 aliphatic carbocycles. The van der Waals surface area contributed by atoms with Gasteiger partial charge in [-0.2, -0.15) is 0 Å². The van der Waals surface area contributed by atoms with Crippen molar-refractivity contribution in [2.24, 2.45) is 5.73 Å². The Bertz CT molecular complexity index is 1640. The summed E-state index contributed by atoms with van der Waals surface area (Å²) in [5.41, 5.74) is 7.56. The quantitative estimate of drug-likeness (QED) is 0.129. The molecule has 9 nitrogen and oxygen atoms in total. The minimum Gasteiger partial charge on any atom is -0.494 e. The van der Waals surface area contributed by atoms with Crippen molar-refractivity contribution < 1.29 is 23.9 Å². The lowest BCUT2D eigenvalue weighted by Gasteiger charge is -2.12. The highest BCUT2D eigenvalue weighted by Gasteiger charge is 2.16. The summed E-state index contributed by atoms with van der Waals surface area (Å²) in [4.78, 5) is 51.2. The number of nitrogens with two attached hydrogens (primary N) is 1. The van der Waals surface area contributed by atoms with E-state index < -0.39 is 17.7 Å². The summed E-state index contributed by atoms with van der Waals surface area (Å²) in [7, 11) is 0. The first-order valence-corrected chi connectivity index (χ1v) is 14.3. The zero-order valence-corrected chi connectivity index (χ0v) is 24.1. The summed E-state index contributed by atoms with van der Waals surface area (Å²) in [6, 6.07) is 29.2. The molecule has 4 amide bonds. The maximum atomic E-state index is 13.4. The van der Waals surface area contributed by atoms with E-state index in [1.54, 1.807) is 103 Å². The molecule has 0 fully saturated rings. The van der Waals surface area contributed by atoms with Crippen molar-refractivity contribution in [2.75, 3.05) is 23.0 Å². The summed E-state index contributed by atoms with van der Waals surface area (Å²) in [6.45, 7) is 2.42. The molecule has 0 unspecified atom stereocenters. The molecule has 0 aromatic heterocycles. The molecule has 4 rings (SSSR count). The summed E-state index contributed by atoms with van der Waals surface area (Å²) >= 11 is 1.25. The second kappa shape index (κ2) is 15.0. The van der Waals surface area contributed by atoms with E-state index in [1.807, 2.05) is 6.92 Å². The summed E-state index contributed by atoms with van der Waals surface area (Å²) in [5.74, 6) is -1.16. The van der Waals surface area contributed by atoms with E-state index in [9.17, 15) is 19.2 Å². The number of hydrogen-bond acceptors (Lipinski definition) is 6. The molecule has 43 heavy (non-hydrogen) atoms. The lowest BCUT2D eigenvalue weighted by Crippen LogP contribution is -2.30. The normalized spacial score (nSPS) is 10.9. The predicted molar refractivity (Wildman–Crippen MR) is 169 cm³/mol. The van der Waals surface area contributed by atoms with Crippen LogP contribution in [0.15, 0.2) is 114 Å². The smallest absolute Gasteiger partial charge is 0.272 e. The van der Waals surface area contributed by atoms with Gasteiger partial charge in [0.1, 0.15) is 11.4 Å². The largest absolute Gasteiger partial charge is 0.494 e. The van der Waals surface area contributed by atoms with E-state index in [0.717, 1.165) is 4.90 Å². The molecule has 4 aromatic carbocycles. The third kappa shape index (κ3) is 9.07. The fraction of sp³-hybridized carbons (Fsp3) is 0.0909. The number of anilines is 2. The molecule has 0 aliphatic rings. The van der Waals surface area contributed by atoms with Crippen LogP contribution in [0.4, 0.5) is 11.4 Å². The minimum atomic E-state index is -0.636. The molecule has 5 N–H and O–H groups in total. The lowest BCUT2D eigenvalue weighted by molar-refractivity contribution is -0.114. The average Bonchev–Trinajstić information content (AvgIpc) is 3.01. The second-order valence-electron chi connectivity index (χ2n) is 9.11. The number of hydrogen-bond donors (Lipinski definition) is 4. The molecule has 10 heteroatoms. The van der Waals surface area contributed by atoms with Crippen molar-refractivity contribution in [1.29, 1.82) is 0 Å². The molecule has 218 valence electrons. The first kappa shape index (κ1) is 30.6. The maximum Gasteiger partial charge on any atom is 0.272 e. The molecule has 0 saturated heterocycles. The molecule has 0 aliphatic heterocycles. The standard InChI is InChI=1S/C33H30N4O5S/c1-2-42-25-17-15-22(16-18-25)19-29(37-32(40)23-9-4-3-5-10-23)33(41)35-24-11-8-12-26(20-24)43-21-30(38)36-28-14-7-6-13-27(28)31(34)39/h3-20H,2,21H2,1H3,(H2,34,39)(H,35,41)(H,36,38)(H,37,40)/b29-19+. The van der Waals surface area contributed by atoms with Gasteiger partial charge in [-0.15, -0.1) is 11.8 Å². The van der Waals surface area contributed by atoms with Crippen LogP contribution in [-0.2, 0) is 9.59 Å². The zero-order chi connectivity index (χ0) is 30.6. The Labute approximate surface area is 253 Å². The number of thioether (sulfide) groups is 1. The Balaban J connectivity index is 1.46. The van der Waals surface area contributed by atoms with E-state index in [4.69, 9.17) is 10.5 Å². The number of carbonyl (C=O) groups excluding carboxylic acids is 4. The highest BCUT2D eigenvalue weighted by atomic mass is 32.2.